The molecule has 1 aromatic carbocycles. The summed E-state index contributed by atoms with van der Waals surface area (Å²) in [6, 6.07) is 6.54. The van der Waals surface area contributed by atoms with Crippen LogP contribution in [0.5, 0.6) is 0 Å². The van der Waals surface area contributed by atoms with Crippen LogP contribution >= 0.6 is 19.4 Å². The number of aliphatic carboxylic acids is 3. The lowest BCUT2D eigenvalue weighted by atomic mass is 10.0. The predicted molar refractivity (Wildman–Crippen MR) is 206 cm³/mol. The zero-order valence-corrected chi connectivity index (χ0v) is 32.8. The lowest BCUT2D eigenvalue weighted by molar-refractivity contribution is -0.145. The van der Waals surface area contributed by atoms with E-state index in [9.17, 15) is 53.6 Å². The van der Waals surface area contributed by atoms with Crippen LogP contribution in [-0.2, 0) is 30.2 Å². The topological polar surface area (TPSA) is 253 Å². The number of benzene rings is 1. The van der Waals surface area contributed by atoms with E-state index in [-0.39, 0.29) is 82.3 Å². The number of carboxylic acid groups (broad SMARTS) is 3. The van der Waals surface area contributed by atoms with E-state index in [0.29, 0.717) is 56.5 Å². The highest BCUT2D eigenvalue weighted by molar-refractivity contribution is 8.00. The van der Waals surface area contributed by atoms with Crippen LogP contribution in [0.2, 0.25) is 0 Å². The number of rotatable bonds is 19. The van der Waals surface area contributed by atoms with Gasteiger partial charge in [-0.05, 0) is 56.3 Å². The summed E-state index contributed by atoms with van der Waals surface area (Å²) in [6.45, 7) is 2.14. The van der Waals surface area contributed by atoms with Crippen molar-refractivity contribution in [3.63, 3.8) is 0 Å². The number of hydrogen-bond donors (Lipinski definition) is 8. The summed E-state index contributed by atoms with van der Waals surface area (Å²) in [5.74, 6) is -2.31. The molecule has 1 aromatic rings. The number of carbonyl (C=O) groups is 5. The van der Waals surface area contributed by atoms with Crippen molar-refractivity contribution >= 4 is 54.9 Å². The average Bonchev–Trinajstić information content (AvgIpc) is 3.65. The molecule has 18 nitrogen and oxygen atoms in total. The molecule has 308 valence electrons. The van der Waals surface area contributed by atoms with Gasteiger partial charge in [-0.1, -0.05) is 18.6 Å². The molecule has 8 N–H and O–H groups in total. The normalized spacial score (nSPS) is 22.8. The second-order valence-electron chi connectivity index (χ2n) is 14.5. The van der Waals surface area contributed by atoms with Crippen LogP contribution in [0.25, 0.3) is 0 Å². The number of hydrogen-bond acceptors (Lipinski definition) is 11. The Morgan fingerprint density at radius 1 is 0.836 bits per heavy atom. The van der Waals surface area contributed by atoms with Crippen LogP contribution in [0.4, 0.5) is 10.5 Å². The predicted octanol–water partition coefficient (Wildman–Crippen LogP) is 0.695. The molecule has 0 saturated carbocycles. The molecule has 20 heteroatoms. The second-order valence-corrected chi connectivity index (χ2v) is 17.5. The summed E-state index contributed by atoms with van der Waals surface area (Å²) in [6.07, 6.45) is 3.49. The highest BCUT2D eigenvalue weighted by Crippen LogP contribution is 2.35. The third-order valence-corrected chi connectivity index (χ3v) is 12.7. The molecule has 1 unspecified atom stereocenters. The van der Waals surface area contributed by atoms with Gasteiger partial charge in [0.2, 0.25) is 5.91 Å². The van der Waals surface area contributed by atoms with E-state index >= 15 is 0 Å². The quantitative estimate of drug-likeness (QED) is 0.0544. The van der Waals surface area contributed by atoms with Gasteiger partial charge in [0, 0.05) is 75.5 Å². The van der Waals surface area contributed by atoms with Crippen LogP contribution < -0.4 is 16.0 Å². The molecular formula is C35H56N7O11PS. The SMILES string of the molecule is O=C(O)CN1CCN(CCCP(=O)(O)O)CCN(CC(=O)O)CCN(C(CCc2ccc(NC(=O)CCCC[C@H]3SC[C@H]4NC(=O)N[C@H]43)cc2)C(=O)O)CC1. The van der Waals surface area contributed by atoms with E-state index in [1.807, 2.05) is 28.8 Å². The van der Waals surface area contributed by atoms with Crippen molar-refractivity contribution in [2.24, 2.45) is 0 Å². The van der Waals surface area contributed by atoms with Crippen LogP contribution in [0.1, 0.15) is 44.1 Å². The molecule has 0 radical (unpaired) electrons. The second kappa shape index (κ2) is 21.9. The maximum Gasteiger partial charge on any atom is 0.325 e. The zero-order valence-electron chi connectivity index (χ0n) is 31.1. The minimum atomic E-state index is -4.19. The molecule has 4 rings (SSSR count). The Morgan fingerprint density at radius 3 is 2.02 bits per heavy atom. The van der Waals surface area contributed by atoms with Crippen molar-refractivity contribution in [3.8, 4) is 0 Å². The zero-order chi connectivity index (χ0) is 40.0. The van der Waals surface area contributed by atoms with E-state index in [2.05, 4.69) is 16.0 Å². The lowest BCUT2D eigenvalue weighted by Crippen LogP contribution is -2.51. The third kappa shape index (κ3) is 16.0. The number of nitrogens with zero attached hydrogens (tertiary/aromatic N) is 4. The number of fused-ring (bicyclic) bond motifs is 1. The largest absolute Gasteiger partial charge is 0.480 e. The van der Waals surface area contributed by atoms with Gasteiger partial charge in [0.1, 0.15) is 6.04 Å². The Morgan fingerprint density at radius 2 is 1.44 bits per heavy atom. The van der Waals surface area contributed by atoms with E-state index in [1.54, 1.807) is 26.8 Å². The van der Waals surface area contributed by atoms with Crippen molar-refractivity contribution in [2.75, 3.05) is 89.2 Å². The average molecular weight is 814 g/mol. The summed E-state index contributed by atoms with van der Waals surface area (Å²) in [4.78, 5) is 86.0. The third-order valence-electron chi connectivity index (χ3n) is 10.3. The van der Waals surface area contributed by atoms with Crippen LogP contribution in [0, 0.1) is 0 Å². The fourth-order valence-corrected chi connectivity index (χ4v) is 9.40. The van der Waals surface area contributed by atoms with Gasteiger partial charge in [0.25, 0.3) is 0 Å². The molecule has 0 aromatic heterocycles. The van der Waals surface area contributed by atoms with Crippen molar-refractivity contribution in [1.29, 1.82) is 0 Å². The fraction of sp³-hybridized carbons (Fsp3) is 0.686. The molecule has 3 heterocycles. The molecular weight excluding hydrogens is 757 g/mol. The van der Waals surface area contributed by atoms with E-state index in [0.717, 1.165) is 30.6 Å². The lowest BCUT2D eigenvalue weighted by Gasteiger charge is -2.35. The number of aryl methyl sites for hydroxylation is 1. The Kier molecular flexibility index (Phi) is 17.7. The first-order chi connectivity index (χ1) is 26.1. The molecule has 4 atom stereocenters. The molecule has 3 amide bonds. The minimum Gasteiger partial charge on any atom is -0.480 e. The Labute approximate surface area is 325 Å². The van der Waals surface area contributed by atoms with Gasteiger partial charge in [-0.3, -0.25) is 38.4 Å². The fourth-order valence-electron chi connectivity index (χ4n) is 7.30. The number of urea groups is 1. The van der Waals surface area contributed by atoms with Crippen molar-refractivity contribution in [3.05, 3.63) is 29.8 Å². The van der Waals surface area contributed by atoms with Gasteiger partial charge in [0.05, 0.1) is 31.3 Å². The van der Waals surface area contributed by atoms with Crippen molar-refractivity contribution in [2.45, 2.75) is 68.3 Å². The number of nitrogens with one attached hydrogen (secondary N) is 3. The van der Waals surface area contributed by atoms with E-state index < -0.39 is 31.5 Å². The van der Waals surface area contributed by atoms with Gasteiger partial charge in [-0.15, -0.1) is 0 Å². The summed E-state index contributed by atoms with van der Waals surface area (Å²) < 4.78 is 11.4. The molecule has 0 spiro atoms. The summed E-state index contributed by atoms with van der Waals surface area (Å²) in [5, 5.41) is 38.7. The summed E-state index contributed by atoms with van der Waals surface area (Å²) in [7, 11) is -4.19. The monoisotopic (exact) mass is 813 g/mol. The highest BCUT2D eigenvalue weighted by Gasteiger charge is 2.42. The van der Waals surface area contributed by atoms with E-state index in [1.165, 1.54) is 0 Å². The first-order valence-corrected chi connectivity index (χ1v) is 21.7. The van der Waals surface area contributed by atoms with E-state index in [4.69, 9.17) is 0 Å². The van der Waals surface area contributed by atoms with Gasteiger partial charge < -0.3 is 46.0 Å². The number of anilines is 1. The number of thioether (sulfide) groups is 1. The molecule has 0 bridgehead atoms. The molecule has 3 fully saturated rings. The van der Waals surface area contributed by atoms with Crippen LogP contribution in [0.3, 0.4) is 0 Å². The molecule has 3 aliphatic rings. The van der Waals surface area contributed by atoms with Crippen LogP contribution in [-0.4, -0.2) is 182 Å². The summed E-state index contributed by atoms with van der Waals surface area (Å²) in [5.41, 5.74) is 1.51. The standard InChI is InChI=1S/C35H56N7O11PS/c43-30(5-2-1-4-29-33-27(24-55-29)37-35(50)38-33)36-26-9-6-25(7-10-26)8-11-28(34(48)49)42-19-17-40(22-31(44)45)15-13-39(12-3-21-54(51,52)53)14-16-41(18-20-42)23-32(46)47/h6-7,9-10,27-29,33H,1-5,8,11-24H2,(H,36,43)(H,44,45)(H,46,47)(H,48,49)(H2,37,38,50)(H2,51,52,53)/t27-,28?,29-,33-/m1/s1. The smallest absolute Gasteiger partial charge is 0.325 e. The molecule has 3 saturated heterocycles. The number of amides is 3. The molecule has 0 aliphatic carbocycles. The maximum absolute atomic E-state index is 12.7. The van der Waals surface area contributed by atoms with Gasteiger partial charge in [-0.2, -0.15) is 11.8 Å². The van der Waals surface area contributed by atoms with Gasteiger partial charge in [0.15, 0.2) is 0 Å². The van der Waals surface area contributed by atoms with Crippen LogP contribution in [0.15, 0.2) is 24.3 Å². The Balaban J connectivity index is 1.30. The van der Waals surface area contributed by atoms with Gasteiger partial charge >= 0.3 is 31.5 Å². The number of carboxylic acids is 3. The van der Waals surface area contributed by atoms with Crippen molar-refractivity contribution in [1.82, 2.24) is 30.2 Å². The molecule has 3 aliphatic heterocycles. The first-order valence-electron chi connectivity index (χ1n) is 18.8. The van der Waals surface area contributed by atoms with Crippen molar-refractivity contribution < 1.29 is 53.6 Å². The Hall–Kier alpha value is -3.29. The maximum atomic E-state index is 12.7. The van der Waals surface area contributed by atoms with Gasteiger partial charge in [-0.25, -0.2) is 4.79 Å². The summed E-state index contributed by atoms with van der Waals surface area (Å²) >= 11 is 1.85. The number of unbranched alkanes of at least 4 members (excludes halogenated alkanes) is 1. The number of carbonyl (C=O) groups excluding carboxylic acids is 2. The Bertz CT molecular complexity index is 1470. The minimum absolute atomic E-state index is 0.0942. The highest BCUT2D eigenvalue weighted by atomic mass is 32.2. The molecule has 55 heavy (non-hydrogen) atoms. The first kappa shape index (κ1) is 44.4.